The number of nitrogens with one attached hydrogen (secondary N) is 1. The Morgan fingerprint density at radius 2 is 1.86 bits per heavy atom. The van der Waals surface area contributed by atoms with Gasteiger partial charge >= 0.3 is 0 Å². The summed E-state index contributed by atoms with van der Waals surface area (Å²) in [5.41, 5.74) is 3.85. The summed E-state index contributed by atoms with van der Waals surface area (Å²) < 4.78 is 28.2. The molecule has 0 radical (unpaired) electrons. The second kappa shape index (κ2) is 7.33. The molecule has 0 bridgehead atoms. The van der Waals surface area contributed by atoms with Crippen LogP contribution in [0.1, 0.15) is 42.9 Å². The molecule has 1 N–H and O–H groups in total. The average molecular weight is 399 g/mol. The van der Waals surface area contributed by atoms with Crippen molar-refractivity contribution in [3.63, 3.8) is 0 Å². The van der Waals surface area contributed by atoms with Gasteiger partial charge in [-0.15, -0.1) is 0 Å². The van der Waals surface area contributed by atoms with Gasteiger partial charge in [0.25, 0.3) is 0 Å². The van der Waals surface area contributed by atoms with E-state index in [1.54, 1.807) is 18.2 Å². The highest BCUT2D eigenvalue weighted by atomic mass is 32.2. The number of anilines is 1. The standard InChI is InChI=1S/C22H26N2O3S/c1-15-6-8-17(9-7-15)14-23-28(26,27)20-10-11-21-19(13-20)12-16(2)24(21)22(25)18-4-3-5-18/h6-11,13,16,18,23H,3-5,12,14H2,1-2H3/t16-/m1/s1. The van der Waals surface area contributed by atoms with Crippen LogP contribution in [0.15, 0.2) is 47.4 Å². The number of rotatable bonds is 5. The summed E-state index contributed by atoms with van der Waals surface area (Å²) in [7, 11) is -3.61. The molecule has 1 aliphatic heterocycles. The molecule has 2 aliphatic rings. The predicted molar refractivity (Wildman–Crippen MR) is 110 cm³/mol. The van der Waals surface area contributed by atoms with Gasteiger partial charge in [0.15, 0.2) is 0 Å². The second-order valence-electron chi connectivity index (χ2n) is 7.99. The maximum absolute atomic E-state index is 12.8. The summed E-state index contributed by atoms with van der Waals surface area (Å²) in [6.45, 7) is 4.28. The molecule has 0 saturated heterocycles. The van der Waals surface area contributed by atoms with Crippen LogP contribution >= 0.6 is 0 Å². The molecule has 1 fully saturated rings. The lowest BCUT2D eigenvalue weighted by molar-refractivity contribution is -0.125. The Morgan fingerprint density at radius 3 is 2.50 bits per heavy atom. The number of hydrogen-bond donors (Lipinski definition) is 1. The van der Waals surface area contributed by atoms with Crippen LogP contribution in [0, 0.1) is 12.8 Å². The first-order chi connectivity index (χ1) is 13.3. The van der Waals surface area contributed by atoms with Gasteiger partial charge in [0.1, 0.15) is 0 Å². The molecule has 28 heavy (non-hydrogen) atoms. The van der Waals surface area contributed by atoms with Crippen molar-refractivity contribution < 1.29 is 13.2 Å². The van der Waals surface area contributed by atoms with Crippen molar-refractivity contribution in [3.8, 4) is 0 Å². The van der Waals surface area contributed by atoms with Crippen LogP contribution in [0.25, 0.3) is 0 Å². The van der Waals surface area contributed by atoms with Crippen LogP contribution in [-0.4, -0.2) is 20.4 Å². The van der Waals surface area contributed by atoms with Gasteiger partial charge in [-0.1, -0.05) is 36.2 Å². The highest BCUT2D eigenvalue weighted by Gasteiger charge is 2.37. The monoisotopic (exact) mass is 398 g/mol. The summed E-state index contributed by atoms with van der Waals surface area (Å²) in [4.78, 5) is 14.9. The molecule has 0 aromatic heterocycles. The highest BCUT2D eigenvalue weighted by molar-refractivity contribution is 7.89. The Kier molecular flexibility index (Phi) is 5.02. The third-order valence-electron chi connectivity index (χ3n) is 5.86. The van der Waals surface area contributed by atoms with Crippen molar-refractivity contribution in [2.45, 2.75) is 57.0 Å². The molecule has 1 saturated carbocycles. The number of fused-ring (bicyclic) bond motifs is 1. The lowest BCUT2D eigenvalue weighted by atomic mass is 9.84. The number of carbonyl (C=O) groups is 1. The van der Waals surface area contributed by atoms with Gasteiger partial charge < -0.3 is 4.90 Å². The zero-order valence-electron chi connectivity index (χ0n) is 16.3. The number of hydrogen-bond acceptors (Lipinski definition) is 3. The lowest BCUT2D eigenvalue weighted by Crippen LogP contribution is -2.42. The van der Waals surface area contributed by atoms with Crippen molar-refractivity contribution in [1.82, 2.24) is 4.72 Å². The molecule has 5 nitrogen and oxygen atoms in total. The molecule has 4 rings (SSSR count). The largest absolute Gasteiger partial charge is 0.309 e. The van der Waals surface area contributed by atoms with Crippen LogP contribution in [0.4, 0.5) is 5.69 Å². The van der Waals surface area contributed by atoms with E-state index in [0.717, 1.165) is 41.6 Å². The minimum absolute atomic E-state index is 0.0709. The van der Waals surface area contributed by atoms with Crippen molar-refractivity contribution in [2.75, 3.05) is 4.90 Å². The van der Waals surface area contributed by atoms with Gasteiger partial charge in [-0.2, -0.15) is 0 Å². The fourth-order valence-corrected chi connectivity index (χ4v) is 5.00. The zero-order valence-corrected chi connectivity index (χ0v) is 17.1. The van der Waals surface area contributed by atoms with Gasteiger partial charge in [0.2, 0.25) is 15.9 Å². The normalized spacial score (nSPS) is 19.4. The number of sulfonamides is 1. The van der Waals surface area contributed by atoms with E-state index in [4.69, 9.17) is 0 Å². The maximum Gasteiger partial charge on any atom is 0.240 e. The fourth-order valence-electron chi connectivity index (χ4n) is 3.93. The second-order valence-corrected chi connectivity index (χ2v) is 9.76. The molecular formula is C22H26N2O3S. The topological polar surface area (TPSA) is 66.5 Å². The Hall–Kier alpha value is -2.18. The minimum Gasteiger partial charge on any atom is -0.309 e. The van der Waals surface area contributed by atoms with E-state index < -0.39 is 10.0 Å². The van der Waals surface area contributed by atoms with E-state index in [1.807, 2.05) is 43.0 Å². The maximum atomic E-state index is 12.8. The lowest BCUT2D eigenvalue weighted by Gasteiger charge is -2.32. The van der Waals surface area contributed by atoms with E-state index in [1.165, 1.54) is 0 Å². The predicted octanol–water partition coefficient (Wildman–Crippen LogP) is 3.55. The van der Waals surface area contributed by atoms with E-state index in [2.05, 4.69) is 4.72 Å². The molecular weight excluding hydrogens is 372 g/mol. The molecule has 1 heterocycles. The molecule has 1 aliphatic carbocycles. The minimum atomic E-state index is -3.61. The Balaban J connectivity index is 1.52. The Labute approximate surface area is 166 Å². The van der Waals surface area contributed by atoms with Crippen molar-refractivity contribution in [2.24, 2.45) is 5.92 Å². The van der Waals surface area contributed by atoms with Gasteiger partial charge in [-0.25, -0.2) is 13.1 Å². The van der Waals surface area contributed by atoms with Crippen molar-refractivity contribution >= 4 is 21.6 Å². The SMILES string of the molecule is Cc1ccc(CNS(=O)(=O)c2ccc3c(c2)C[C@@H](C)N3C(=O)C2CCC2)cc1. The number of nitrogens with zero attached hydrogens (tertiary/aromatic N) is 1. The number of benzene rings is 2. The molecule has 1 atom stereocenters. The highest BCUT2D eigenvalue weighted by Crippen LogP contribution is 2.38. The van der Waals surface area contributed by atoms with Crippen LogP contribution in [0.3, 0.4) is 0 Å². The molecule has 0 unspecified atom stereocenters. The zero-order chi connectivity index (χ0) is 19.9. The molecule has 148 valence electrons. The van der Waals surface area contributed by atoms with E-state index >= 15 is 0 Å². The van der Waals surface area contributed by atoms with Gasteiger partial charge in [-0.3, -0.25) is 4.79 Å². The van der Waals surface area contributed by atoms with Crippen LogP contribution in [0.2, 0.25) is 0 Å². The van der Waals surface area contributed by atoms with E-state index in [9.17, 15) is 13.2 Å². The van der Waals surface area contributed by atoms with Crippen molar-refractivity contribution in [3.05, 3.63) is 59.2 Å². The Morgan fingerprint density at radius 1 is 1.14 bits per heavy atom. The van der Waals surface area contributed by atoms with Gasteiger partial charge in [0, 0.05) is 24.2 Å². The molecule has 1 amide bonds. The Bertz CT molecular complexity index is 995. The summed E-state index contributed by atoms with van der Waals surface area (Å²) >= 11 is 0. The average Bonchev–Trinajstić information content (AvgIpc) is 2.94. The van der Waals surface area contributed by atoms with Crippen LogP contribution in [0.5, 0.6) is 0 Å². The van der Waals surface area contributed by atoms with E-state index in [0.29, 0.717) is 6.42 Å². The van der Waals surface area contributed by atoms with Crippen LogP contribution in [-0.2, 0) is 27.8 Å². The molecule has 2 aromatic rings. The third kappa shape index (κ3) is 3.59. The number of amides is 1. The first kappa shape index (κ1) is 19.2. The summed E-state index contributed by atoms with van der Waals surface area (Å²) in [6, 6.07) is 13.0. The number of carbonyl (C=O) groups excluding carboxylic acids is 1. The van der Waals surface area contributed by atoms with E-state index in [-0.39, 0.29) is 29.3 Å². The quantitative estimate of drug-likeness (QED) is 0.838. The van der Waals surface area contributed by atoms with Crippen molar-refractivity contribution in [1.29, 1.82) is 0 Å². The first-order valence-corrected chi connectivity index (χ1v) is 11.3. The van der Waals surface area contributed by atoms with Gasteiger partial charge in [0.05, 0.1) is 4.90 Å². The summed E-state index contributed by atoms with van der Waals surface area (Å²) in [5.74, 6) is 0.318. The summed E-state index contributed by atoms with van der Waals surface area (Å²) in [6.07, 6.45) is 3.74. The summed E-state index contributed by atoms with van der Waals surface area (Å²) in [5, 5.41) is 0. The molecule has 6 heteroatoms. The molecule has 2 aromatic carbocycles. The molecule has 0 spiro atoms. The number of aryl methyl sites for hydroxylation is 1. The third-order valence-corrected chi connectivity index (χ3v) is 7.25. The van der Waals surface area contributed by atoms with Gasteiger partial charge in [-0.05, 0) is 62.4 Å². The van der Waals surface area contributed by atoms with Crippen LogP contribution < -0.4 is 9.62 Å². The fraction of sp³-hybridized carbons (Fsp3) is 0.409. The smallest absolute Gasteiger partial charge is 0.240 e. The first-order valence-electron chi connectivity index (χ1n) is 9.86.